The average Bonchev–Trinajstić information content (AvgIpc) is 3.22. The van der Waals surface area contributed by atoms with E-state index in [4.69, 9.17) is 19.8 Å². The van der Waals surface area contributed by atoms with Gasteiger partial charge in [-0.15, -0.1) is 0 Å². The predicted molar refractivity (Wildman–Crippen MR) is 220 cm³/mol. The van der Waals surface area contributed by atoms with E-state index in [-0.39, 0.29) is 11.3 Å². The smallest absolute Gasteiger partial charge is 0.200 e. The van der Waals surface area contributed by atoms with Gasteiger partial charge in [-0.1, -0.05) is 133 Å². The Morgan fingerprint density at radius 3 is 1.81 bits per heavy atom. The minimum atomic E-state index is -0.0295. The van der Waals surface area contributed by atoms with Gasteiger partial charge in [0.05, 0.1) is 10.8 Å². The second kappa shape index (κ2) is 13.5. The first kappa shape index (κ1) is 31.7. The van der Waals surface area contributed by atoms with E-state index >= 15 is 0 Å². The van der Waals surface area contributed by atoms with Crippen molar-refractivity contribution in [1.82, 2.24) is 0 Å². The van der Waals surface area contributed by atoms with Gasteiger partial charge >= 0.3 is 0 Å². The van der Waals surface area contributed by atoms with Gasteiger partial charge in [-0.05, 0) is 91.8 Å². The van der Waals surface area contributed by atoms with E-state index in [9.17, 15) is 4.79 Å². The highest BCUT2D eigenvalue weighted by molar-refractivity contribution is 6.15. The minimum Gasteiger partial charge on any atom is -0.456 e. The third kappa shape index (κ3) is 6.32. The molecule has 9 aromatic rings. The molecule has 0 fully saturated rings. The Morgan fingerprint density at radius 1 is 0.491 bits per heavy atom. The summed E-state index contributed by atoms with van der Waals surface area (Å²) >= 11 is 0. The normalized spacial score (nSPS) is 12.0. The summed E-state index contributed by atoms with van der Waals surface area (Å²) in [7, 11) is 0. The van der Waals surface area contributed by atoms with Crippen LogP contribution in [0.25, 0.3) is 65.7 Å². The van der Waals surface area contributed by atoms with Crippen LogP contribution >= 0.6 is 0 Å². The summed E-state index contributed by atoms with van der Waals surface area (Å²) in [6.45, 7) is 0. The van der Waals surface area contributed by atoms with Crippen molar-refractivity contribution < 1.29 is 4.42 Å². The molecule has 0 bridgehead atoms. The van der Waals surface area contributed by atoms with Crippen LogP contribution in [0, 0.1) is 5.41 Å². The molecule has 8 aromatic carbocycles. The molecule has 0 atom stereocenters. The third-order valence-electron chi connectivity index (χ3n) is 9.60. The summed E-state index contributed by atoms with van der Waals surface area (Å²) in [5, 5.41) is 14.5. The van der Waals surface area contributed by atoms with Crippen molar-refractivity contribution in [2.75, 3.05) is 0 Å². The number of hydrogen-bond donors (Lipinski definition) is 1. The zero-order valence-corrected chi connectivity index (χ0v) is 28.5. The first-order chi connectivity index (χ1) is 26.1. The second-order valence-corrected chi connectivity index (χ2v) is 13.0. The lowest BCUT2D eigenvalue weighted by Crippen LogP contribution is -2.05. The number of aliphatic imine (C=N–C) groups is 2. The minimum absolute atomic E-state index is 0.0295. The monoisotopic (exact) mass is 681 g/mol. The molecule has 0 aliphatic heterocycles. The lowest BCUT2D eigenvalue weighted by Gasteiger charge is -2.08. The van der Waals surface area contributed by atoms with Gasteiger partial charge in [0.2, 0.25) is 5.43 Å². The van der Waals surface area contributed by atoms with Crippen LogP contribution in [0.5, 0.6) is 0 Å². The van der Waals surface area contributed by atoms with Gasteiger partial charge in [-0.3, -0.25) is 10.2 Å². The Kier molecular flexibility index (Phi) is 8.06. The highest BCUT2D eigenvalue weighted by atomic mass is 16.3. The van der Waals surface area contributed by atoms with Gasteiger partial charge in [0, 0.05) is 17.3 Å². The molecule has 0 aliphatic carbocycles. The molecule has 0 saturated carbocycles. The molecule has 5 nitrogen and oxygen atoms in total. The van der Waals surface area contributed by atoms with E-state index in [1.54, 1.807) is 6.07 Å². The molecule has 0 radical (unpaired) electrons. The van der Waals surface area contributed by atoms with Crippen molar-refractivity contribution in [2.45, 2.75) is 0 Å². The predicted octanol–water partition coefficient (Wildman–Crippen LogP) is 11.5. The average molecular weight is 682 g/mol. The largest absolute Gasteiger partial charge is 0.456 e. The van der Waals surface area contributed by atoms with Crippen LogP contribution in [0.1, 0.15) is 16.7 Å². The highest BCUT2D eigenvalue weighted by Crippen LogP contribution is 2.28. The lowest BCUT2D eigenvalue weighted by molar-refractivity contribution is 0.660. The molecule has 1 heterocycles. The fraction of sp³-hybridized carbons (Fsp3) is 0. The van der Waals surface area contributed by atoms with Crippen LogP contribution in [0.2, 0.25) is 0 Å². The molecule has 0 saturated heterocycles. The summed E-state index contributed by atoms with van der Waals surface area (Å²) in [5.41, 5.74) is 7.65. The summed E-state index contributed by atoms with van der Waals surface area (Å²) in [5.74, 6) is 0.603. The quantitative estimate of drug-likeness (QED) is 0.111. The van der Waals surface area contributed by atoms with E-state index in [0.717, 1.165) is 60.5 Å². The van der Waals surface area contributed by atoms with Gasteiger partial charge in [0.15, 0.2) is 11.7 Å². The van der Waals surface area contributed by atoms with E-state index in [2.05, 4.69) is 66.7 Å². The zero-order valence-electron chi connectivity index (χ0n) is 28.5. The number of fused-ring (bicyclic) bond motifs is 4. The molecular formula is C48H31N3O2. The van der Waals surface area contributed by atoms with Gasteiger partial charge in [0.25, 0.3) is 0 Å². The van der Waals surface area contributed by atoms with E-state index in [0.29, 0.717) is 27.8 Å². The summed E-state index contributed by atoms with van der Waals surface area (Å²) < 4.78 is 6.01. The Bertz CT molecular complexity index is 2990. The standard InChI is InChI=1S/C48H31N3O2/c49-47(40-22-20-32-9-1-3-11-37(32)27-40)51-48(41-23-21-33-10-2-4-12-38(33)28-41)50-30-31-8-7-13-36(26-31)34-16-18-35(19-17-34)39-24-25-45-43(29-39)46(52)42-14-5-6-15-44(42)53-45/h1-30,49H. The molecule has 53 heavy (non-hydrogen) atoms. The summed E-state index contributed by atoms with van der Waals surface area (Å²) in [4.78, 5) is 22.9. The van der Waals surface area contributed by atoms with Gasteiger partial charge in [-0.2, -0.15) is 0 Å². The first-order valence-electron chi connectivity index (χ1n) is 17.4. The number of nitrogens with one attached hydrogen (secondary N) is 1. The fourth-order valence-electron chi connectivity index (χ4n) is 6.78. The van der Waals surface area contributed by atoms with E-state index in [1.807, 2.05) is 109 Å². The van der Waals surface area contributed by atoms with Crippen LogP contribution in [-0.2, 0) is 0 Å². The molecule has 0 aliphatic rings. The summed E-state index contributed by atoms with van der Waals surface area (Å²) in [6, 6.07) is 58.0. The third-order valence-corrected chi connectivity index (χ3v) is 9.60. The van der Waals surface area contributed by atoms with Gasteiger partial charge < -0.3 is 4.42 Å². The van der Waals surface area contributed by atoms with E-state index in [1.165, 1.54) is 0 Å². The van der Waals surface area contributed by atoms with Crippen molar-refractivity contribution in [1.29, 1.82) is 5.41 Å². The van der Waals surface area contributed by atoms with Crippen molar-refractivity contribution in [3.63, 3.8) is 0 Å². The maximum Gasteiger partial charge on any atom is 0.200 e. The molecular weight excluding hydrogens is 651 g/mol. The topological polar surface area (TPSA) is 78.8 Å². The molecule has 0 amide bonds. The fourth-order valence-corrected chi connectivity index (χ4v) is 6.78. The lowest BCUT2D eigenvalue weighted by atomic mass is 9.98. The van der Waals surface area contributed by atoms with Crippen LogP contribution < -0.4 is 5.43 Å². The number of amidine groups is 2. The molecule has 0 spiro atoms. The van der Waals surface area contributed by atoms with Crippen molar-refractivity contribution in [3.8, 4) is 22.3 Å². The summed E-state index contributed by atoms with van der Waals surface area (Å²) in [6.07, 6.45) is 1.81. The first-order valence-corrected chi connectivity index (χ1v) is 17.4. The zero-order chi connectivity index (χ0) is 35.7. The molecule has 1 N–H and O–H groups in total. The SMILES string of the molecule is N=C(N=C(N=Cc1cccc(-c2ccc(-c3ccc4oc5ccccc5c(=O)c4c3)cc2)c1)c1ccc2ccccc2c1)c1ccc2ccccc2c1. The number of rotatable bonds is 5. The van der Waals surface area contributed by atoms with Crippen LogP contribution in [0.15, 0.2) is 195 Å². The van der Waals surface area contributed by atoms with Crippen molar-refractivity contribution in [2.24, 2.45) is 9.98 Å². The number of hydrogen-bond acceptors (Lipinski definition) is 3. The Morgan fingerprint density at radius 2 is 1.08 bits per heavy atom. The second-order valence-electron chi connectivity index (χ2n) is 13.0. The van der Waals surface area contributed by atoms with Crippen LogP contribution in [0.3, 0.4) is 0 Å². The maximum atomic E-state index is 13.2. The highest BCUT2D eigenvalue weighted by Gasteiger charge is 2.11. The number of nitrogens with zero attached hydrogens (tertiary/aromatic N) is 2. The Balaban J connectivity index is 1.02. The van der Waals surface area contributed by atoms with Crippen molar-refractivity contribution in [3.05, 3.63) is 203 Å². The number of benzene rings is 8. The Hall–Kier alpha value is -7.24. The van der Waals surface area contributed by atoms with Crippen LogP contribution in [-0.4, -0.2) is 17.9 Å². The van der Waals surface area contributed by atoms with Gasteiger partial charge in [-0.25, -0.2) is 9.98 Å². The molecule has 250 valence electrons. The molecule has 0 unspecified atom stereocenters. The molecule has 1 aromatic heterocycles. The van der Waals surface area contributed by atoms with Gasteiger partial charge in [0.1, 0.15) is 11.2 Å². The van der Waals surface area contributed by atoms with Crippen molar-refractivity contribution >= 4 is 61.4 Å². The number of para-hydroxylation sites is 1. The maximum absolute atomic E-state index is 13.2. The molecule has 5 heteroatoms. The molecule has 9 rings (SSSR count). The van der Waals surface area contributed by atoms with E-state index < -0.39 is 0 Å². The Labute approximate surface area is 305 Å². The van der Waals surface area contributed by atoms with Crippen LogP contribution in [0.4, 0.5) is 0 Å².